The topological polar surface area (TPSA) is 32.3 Å². The van der Waals surface area contributed by atoms with Crippen LogP contribution in [0, 0.1) is 17.5 Å². The molecule has 0 bridgehead atoms. The second kappa shape index (κ2) is 6.28. The van der Waals surface area contributed by atoms with Gasteiger partial charge in [0.05, 0.1) is 11.8 Å². The van der Waals surface area contributed by atoms with E-state index >= 15 is 0 Å². The molecular weight excluding hydrogens is 335 g/mol. The van der Waals surface area contributed by atoms with Crippen molar-refractivity contribution in [2.24, 2.45) is 0 Å². The molecule has 0 aliphatic rings. The predicted octanol–water partition coefficient (Wildman–Crippen LogP) is 4.01. The van der Waals surface area contributed by atoms with Gasteiger partial charge in [0.25, 0.3) is 0 Å². The zero-order chi connectivity index (χ0) is 14.7. The minimum Gasteiger partial charge on any atom is -0.386 e. The lowest BCUT2D eigenvalue weighted by atomic mass is 10.1. The second-order valence-electron chi connectivity index (χ2n) is 4.19. The largest absolute Gasteiger partial charge is 0.386 e. The highest BCUT2D eigenvalue weighted by molar-refractivity contribution is 9.10. The number of benzene rings is 2. The lowest BCUT2D eigenvalue weighted by Crippen LogP contribution is -2.14. The number of aliphatic hydroxyl groups is 1. The van der Waals surface area contributed by atoms with Crippen LogP contribution >= 0.6 is 15.9 Å². The minimum atomic E-state index is -1.28. The van der Waals surface area contributed by atoms with E-state index in [4.69, 9.17) is 0 Å². The summed E-state index contributed by atoms with van der Waals surface area (Å²) in [7, 11) is 0. The molecule has 106 valence electrons. The van der Waals surface area contributed by atoms with Crippen molar-refractivity contribution in [3.8, 4) is 0 Å². The highest BCUT2D eigenvalue weighted by Gasteiger charge is 2.14. The maximum atomic E-state index is 13.5. The quantitative estimate of drug-likeness (QED) is 0.877. The van der Waals surface area contributed by atoms with Gasteiger partial charge in [-0.25, -0.2) is 13.2 Å². The number of hydrogen-bond acceptors (Lipinski definition) is 2. The van der Waals surface area contributed by atoms with Gasteiger partial charge in [-0.05, 0) is 36.4 Å². The van der Waals surface area contributed by atoms with Crippen molar-refractivity contribution in [2.75, 3.05) is 11.9 Å². The molecule has 0 saturated carbocycles. The van der Waals surface area contributed by atoms with Crippen molar-refractivity contribution in [1.29, 1.82) is 0 Å². The summed E-state index contributed by atoms with van der Waals surface area (Å²) >= 11 is 3.12. The molecule has 0 aliphatic carbocycles. The fourth-order valence-electron chi connectivity index (χ4n) is 1.72. The Kier molecular flexibility index (Phi) is 4.67. The van der Waals surface area contributed by atoms with E-state index in [1.54, 1.807) is 6.07 Å². The maximum Gasteiger partial charge on any atom is 0.147 e. The number of hydrogen-bond donors (Lipinski definition) is 2. The molecular formula is C14H11BrF3NO. The lowest BCUT2D eigenvalue weighted by Gasteiger charge is -2.14. The second-order valence-corrected chi connectivity index (χ2v) is 5.10. The molecule has 2 nitrogen and oxygen atoms in total. The third-order valence-corrected chi connectivity index (χ3v) is 3.23. The molecule has 0 radical (unpaired) electrons. The third-order valence-electron chi connectivity index (χ3n) is 2.73. The summed E-state index contributed by atoms with van der Waals surface area (Å²) < 4.78 is 40.6. The van der Waals surface area contributed by atoms with Crippen molar-refractivity contribution in [3.05, 3.63) is 63.9 Å². The first kappa shape index (κ1) is 14.9. The van der Waals surface area contributed by atoms with Crippen LogP contribution < -0.4 is 5.32 Å². The van der Waals surface area contributed by atoms with E-state index in [9.17, 15) is 18.3 Å². The molecule has 0 amide bonds. The smallest absolute Gasteiger partial charge is 0.147 e. The van der Waals surface area contributed by atoms with Crippen molar-refractivity contribution >= 4 is 21.6 Å². The van der Waals surface area contributed by atoms with Crippen LogP contribution in [0.3, 0.4) is 0 Å². The highest BCUT2D eigenvalue weighted by Crippen LogP contribution is 2.22. The van der Waals surface area contributed by atoms with E-state index in [0.29, 0.717) is 4.47 Å². The van der Waals surface area contributed by atoms with Crippen LogP contribution in [0.4, 0.5) is 18.9 Å². The summed E-state index contributed by atoms with van der Waals surface area (Å²) in [5.74, 6) is -1.86. The van der Waals surface area contributed by atoms with E-state index in [1.165, 1.54) is 12.1 Å². The normalized spacial score (nSPS) is 12.2. The van der Waals surface area contributed by atoms with Gasteiger partial charge in [0, 0.05) is 16.6 Å². The van der Waals surface area contributed by atoms with Gasteiger partial charge in [0.2, 0.25) is 0 Å². The van der Waals surface area contributed by atoms with Gasteiger partial charge in [-0.15, -0.1) is 0 Å². The molecule has 2 N–H and O–H groups in total. The number of nitrogens with one attached hydrogen (secondary N) is 1. The average molecular weight is 346 g/mol. The van der Waals surface area contributed by atoms with Crippen molar-refractivity contribution < 1.29 is 18.3 Å². The molecule has 2 rings (SSSR count). The third kappa shape index (κ3) is 3.52. The fraction of sp³-hybridized carbons (Fsp3) is 0.143. The first-order valence-electron chi connectivity index (χ1n) is 5.79. The predicted molar refractivity (Wildman–Crippen MR) is 73.9 cm³/mol. The monoisotopic (exact) mass is 345 g/mol. The molecule has 2 aromatic carbocycles. The molecule has 2 aromatic rings. The summed E-state index contributed by atoms with van der Waals surface area (Å²) in [6.45, 7) is -0.140. The van der Waals surface area contributed by atoms with Gasteiger partial charge in [-0.2, -0.15) is 0 Å². The summed E-state index contributed by atoms with van der Waals surface area (Å²) in [6.07, 6.45) is -1.28. The Balaban J connectivity index is 2.08. The van der Waals surface area contributed by atoms with Crippen LogP contribution in [0.1, 0.15) is 11.7 Å². The SMILES string of the molecule is OC(CNc1ccc(Br)cc1F)c1cc(F)ccc1F. The molecule has 1 atom stereocenters. The van der Waals surface area contributed by atoms with E-state index in [1.807, 2.05) is 0 Å². The number of rotatable bonds is 4. The van der Waals surface area contributed by atoms with Crippen LogP contribution in [0.25, 0.3) is 0 Å². The molecule has 0 aromatic heterocycles. The van der Waals surface area contributed by atoms with Gasteiger partial charge >= 0.3 is 0 Å². The average Bonchev–Trinajstić information content (AvgIpc) is 2.40. The van der Waals surface area contributed by atoms with Crippen molar-refractivity contribution in [1.82, 2.24) is 0 Å². The van der Waals surface area contributed by atoms with Crippen LogP contribution in [0.15, 0.2) is 40.9 Å². The van der Waals surface area contributed by atoms with Crippen molar-refractivity contribution in [2.45, 2.75) is 6.10 Å². The maximum absolute atomic E-state index is 13.5. The molecule has 20 heavy (non-hydrogen) atoms. The van der Waals surface area contributed by atoms with Gasteiger partial charge in [-0.3, -0.25) is 0 Å². The minimum absolute atomic E-state index is 0.140. The fourth-order valence-corrected chi connectivity index (χ4v) is 2.05. The Morgan fingerprint density at radius 3 is 2.50 bits per heavy atom. The van der Waals surface area contributed by atoms with Crippen LogP contribution in [0.2, 0.25) is 0 Å². The molecule has 6 heteroatoms. The Morgan fingerprint density at radius 2 is 1.80 bits per heavy atom. The Morgan fingerprint density at radius 1 is 1.05 bits per heavy atom. The van der Waals surface area contributed by atoms with Crippen molar-refractivity contribution in [3.63, 3.8) is 0 Å². The molecule has 0 heterocycles. The first-order valence-corrected chi connectivity index (χ1v) is 6.58. The molecule has 0 aliphatic heterocycles. The molecule has 0 fully saturated rings. The Hall–Kier alpha value is -1.53. The van der Waals surface area contributed by atoms with Gasteiger partial charge in [0.15, 0.2) is 0 Å². The van der Waals surface area contributed by atoms with Crippen LogP contribution in [0.5, 0.6) is 0 Å². The summed E-state index contributed by atoms with van der Waals surface area (Å²) in [5, 5.41) is 12.5. The number of aliphatic hydroxyl groups excluding tert-OH is 1. The van der Waals surface area contributed by atoms with E-state index < -0.39 is 23.6 Å². The van der Waals surface area contributed by atoms with Gasteiger partial charge in [-0.1, -0.05) is 15.9 Å². The zero-order valence-corrected chi connectivity index (χ0v) is 11.8. The summed E-state index contributed by atoms with van der Waals surface area (Å²) in [6, 6.07) is 7.19. The van der Waals surface area contributed by atoms with Crippen LogP contribution in [-0.2, 0) is 0 Å². The standard InChI is InChI=1S/C14H11BrF3NO/c15-8-1-4-13(12(18)5-8)19-7-14(20)10-6-9(16)2-3-11(10)17/h1-6,14,19-20H,7H2. The molecule has 0 saturated heterocycles. The van der Waals surface area contributed by atoms with Gasteiger partial charge in [0.1, 0.15) is 17.5 Å². The highest BCUT2D eigenvalue weighted by atomic mass is 79.9. The Bertz CT molecular complexity index is 621. The van der Waals surface area contributed by atoms with E-state index in [0.717, 1.165) is 18.2 Å². The van der Waals surface area contributed by atoms with E-state index in [2.05, 4.69) is 21.2 Å². The first-order chi connectivity index (χ1) is 9.47. The van der Waals surface area contributed by atoms with Crippen LogP contribution in [-0.4, -0.2) is 11.7 Å². The Labute approximate surface area is 122 Å². The lowest BCUT2D eigenvalue weighted by molar-refractivity contribution is 0.186. The van der Waals surface area contributed by atoms with Gasteiger partial charge < -0.3 is 10.4 Å². The number of halogens is 4. The number of anilines is 1. The van der Waals surface area contributed by atoms with E-state index in [-0.39, 0.29) is 17.8 Å². The zero-order valence-electron chi connectivity index (χ0n) is 10.2. The molecule has 0 spiro atoms. The summed E-state index contributed by atoms with van der Waals surface area (Å²) in [4.78, 5) is 0. The molecule has 1 unspecified atom stereocenters. The summed E-state index contributed by atoms with van der Waals surface area (Å²) in [5.41, 5.74) is -0.000851.